The molecule has 1 aromatic carbocycles. The summed E-state index contributed by atoms with van der Waals surface area (Å²) in [5, 5.41) is 11.4. The molecular weight excluding hydrogens is 435 g/mol. The summed E-state index contributed by atoms with van der Waals surface area (Å²) in [4.78, 5) is 5.33. The summed E-state index contributed by atoms with van der Waals surface area (Å²) < 4.78 is 39.4. The third-order valence-electron chi connectivity index (χ3n) is 9.12. The van der Waals surface area contributed by atoms with E-state index in [0.29, 0.717) is 18.3 Å². The van der Waals surface area contributed by atoms with Crippen molar-refractivity contribution in [2.75, 3.05) is 0 Å². The maximum Gasteiger partial charge on any atom is 0.416 e. The molecule has 1 unspecified atom stereocenters. The van der Waals surface area contributed by atoms with Crippen molar-refractivity contribution < 1.29 is 18.3 Å². The number of fused-ring (bicyclic) bond motifs is 1. The molecule has 3 fully saturated rings. The minimum atomic E-state index is -4.32. The molecule has 3 saturated carbocycles. The Morgan fingerprint density at radius 1 is 0.882 bits per heavy atom. The largest absolute Gasteiger partial charge is 0.416 e. The Morgan fingerprint density at radius 3 is 2.09 bits per heavy atom. The molecule has 1 heterocycles. The van der Waals surface area contributed by atoms with Crippen LogP contribution in [-0.4, -0.2) is 10.1 Å². The molecule has 0 saturated heterocycles. The van der Waals surface area contributed by atoms with Gasteiger partial charge in [0.2, 0.25) is 0 Å². The number of rotatable bonds is 4. The van der Waals surface area contributed by atoms with Gasteiger partial charge in [-0.3, -0.25) is 4.98 Å². The van der Waals surface area contributed by atoms with Gasteiger partial charge >= 0.3 is 6.18 Å². The normalized spacial score (nSPS) is 24.6. The van der Waals surface area contributed by atoms with Crippen molar-refractivity contribution in [1.82, 2.24) is 4.98 Å². The topological polar surface area (TPSA) is 33.1 Å². The zero-order chi connectivity index (χ0) is 23.5. The van der Waals surface area contributed by atoms with Gasteiger partial charge in [-0.25, -0.2) is 0 Å². The molecule has 2 nitrogen and oxygen atoms in total. The fourth-order valence-corrected chi connectivity index (χ4v) is 7.15. The van der Waals surface area contributed by atoms with E-state index in [4.69, 9.17) is 4.98 Å². The third-order valence-corrected chi connectivity index (χ3v) is 9.12. The Morgan fingerprint density at radius 2 is 1.50 bits per heavy atom. The maximum absolute atomic E-state index is 13.1. The summed E-state index contributed by atoms with van der Waals surface area (Å²) in [6.07, 6.45) is 9.44. The van der Waals surface area contributed by atoms with Crippen LogP contribution in [0.4, 0.5) is 13.2 Å². The van der Waals surface area contributed by atoms with E-state index in [2.05, 4.69) is 0 Å². The van der Waals surface area contributed by atoms with Crippen molar-refractivity contribution in [3.63, 3.8) is 0 Å². The molecule has 0 radical (unpaired) electrons. The second-order valence-electron chi connectivity index (χ2n) is 11.5. The SMILES string of the molecule is OC1CC2(CC2)Cc2nc(C3CCCC3)c(Cc3ccc(C(F)(F)F)cc3)c(C3CCCC3)c21. The first-order valence-corrected chi connectivity index (χ1v) is 13.2. The Labute approximate surface area is 200 Å². The summed E-state index contributed by atoms with van der Waals surface area (Å²) in [5.41, 5.74) is 6.53. The number of alkyl halides is 3. The van der Waals surface area contributed by atoms with E-state index in [9.17, 15) is 18.3 Å². The van der Waals surface area contributed by atoms with E-state index < -0.39 is 17.8 Å². The average Bonchev–Trinajstić information content (AvgIpc) is 3.22. The number of aliphatic hydroxyl groups excluding tert-OH is 1. The molecule has 2 aromatic rings. The van der Waals surface area contributed by atoms with E-state index >= 15 is 0 Å². The lowest BCUT2D eigenvalue weighted by Gasteiger charge is -2.35. The number of aromatic nitrogens is 1. The summed E-state index contributed by atoms with van der Waals surface area (Å²) in [7, 11) is 0. The zero-order valence-electron chi connectivity index (χ0n) is 19.8. The number of aliphatic hydroxyl groups is 1. The molecule has 1 atom stereocenters. The minimum absolute atomic E-state index is 0.258. The van der Waals surface area contributed by atoms with Crippen molar-refractivity contribution in [3.05, 3.63) is 63.5 Å². The lowest BCUT2D eigenvalue weighted by Crippen LogP contribution is -2.26. The molecule has 34 heavy (non-hydrogen) atoms. The van der Waals surface area contributed by atoms with E-state index in [1.165, 1.54) is 67.5 Å². The summed E-state index contributed by atoms with van der Waals surface area (Å²) >= 11 is 0. The van der Waals surface area contributed by atoms with Gasteiger partial charge in [0.25, 0.3) is 0 Å². The minimum Gasteiger partial charge on any atom is -0.388 e. The van der Waals surface area contributed by atoms with Crippen LogP contribution in [0, 0.1) is 5.41 Å². The first-order valence-electron chi connectivity index (χ1n) is 13.2. The molecule has 4 aliphatic rings. The monoisotopic (exact) mass is 469 g/mol. The van der Waals surface area contributed by atoms with Crippen LogP contribution in [0.2, 0.25) is 0 Å². The van der Waals surface area contributed by atoms with Crippen molar-refractivity contribution in [2.24, 2.45) is 5.41 Å². The van der Waals surface area contributed by atoms with Crippen LogP contribution < -0.4 is 0 Å². The predicted octanol–water partition coefficient (Wildman–Crippen LogP) is 7.77. The highest BCUT2D eigenvalue weighted by atomic mass is 19.4. The van der Waals surface area contributed by atoms with Crippen LogP contribution in [0.3, 0.4) is 0 Å². The van der Waals surface area contributed by atoms with Crippen LogP contribution >= 0.6 is 0 Å². The lowest BCUT2D eigenvalue weighted by molar-refractivity contribution is -0.137. The highest BCUT2D eigenvalue weighted by Gasteiger charge is 2.49. The van der Waals surface area contributed by atoms with Crippen LogP contribution in [0.1, 0.15) is 128 Å². The second kappa shape index (κ2) is 8.36. The Bertz CT molecular complexity index is 1060. The standard InChI is InChI=1S/C29H34F3NO/c30-29(31,32)21-11-9-18(10-12-21)15-22-25(19-5-1-2-6-19)26-23(16-28(13-14-28)17-24(26)34)33-27(22)20-7-3-4-8-20/h9-12,19-20,24,34H,1-8,13-17H2. The number of hydrogen-bond donors (Lipinski definition) is 1. The van der Waals surface area contributed by atoms with Gasteiger partial charge in [0.1, 0.15) is 0 Å². The van der Waals surface area contributed by atoms with E-state index in [1.807, 2.05) is 0 Å². The van der Waals surface area contributed by atoms with Gasteiger partial charge in [-0.15, -0.1) is 0 Å². The Balaban J connectivity index is 1.49. The molecule has 1 spiro atoms. The quantitative estimate of drug-likeness (QED) is 0.496. The lowest BCUT2D eigenvalue weighted by atomic mass is 9.74. The third kappa shape index (κ3) is 4.08. The van der Waals surface area contributed by atoms with Gasteiger partial charge in [0.05, 0.1) is 11.7 Å². The summed E-state index contributed by atoms with van der Waals surface area (Å²) in [5.74, 6) is 0.869. The molecule has 1 aromatic heterocycles. The highest BCUT2D eigenvalue weighted by Crippen LogP contribution is 2.59. The molecule has 6 rings (SSSR count). The van der Waals surface area contributed by atoms with Gasteiger partial charge < -0.3 is 5.11 Å². The van der Waals surface area contributed by atoms with Gasteiger partial charge in [-0.05, 0) is 97.9 Å². The van der Waals surface area contributed by atoms with E-state index in [1.54, 1.807) is 12.1 Å². The molecule has 5 heteroatoms. The number of hydrogen-bond acceptors (Lipinski definition) is 2. The first-order chi connectivity index (χ1) is 16.3. The van der Waals surface area contributed by atoms with Gasteiger partial charge in [0.15, 0.2) is 0 Å². The average molecular weight is 470 g/mol. The molecule has 182 valence electrons. The number of halogens is 3. The van der Waals surface area contributed by atoms with E-state index in [-0.39, 0.29) is 5.41 Å². The van der Waals surface area contributed by atoms with E-state index in [0.717, 1.165) is 55.3 Å². The molecular formula is C29H34F3NO. The van der Waals surface area contributed by atoms with Gasteiger partial charge in [-0.2, -0.15) is 13.2 Å². The molecule has 0 bridgehead atoms. The zero-order valence-corrected chi connectivity index (χ0v) is 19.8. The fourth-order valence-electron chi connectivity index (χ4n) is 7.15. The van der Waals surface area contributed by atoms with Crippen LogP contribution in [0.25, 0.3) is 0 Å². The van der Waals surface area contributed by atoms with Gasteiger partial charge in [-0.1, -0.05) is 37.8 Å². The van der Waals surface area contributed by atoms with Crippen molar-refractivity contribution >= 4 is 0 Å². The van der Waals surface area contributed by atoms with Crippen molar-refractivity contribution in [3.8, 4) is 0 Å². The summed E-state index contributed by atoms with van der Waals surface area (Å²) in [6.45, 7) is 0. The fraction of sp³-hybridized carbons (Fsp3) is 0.621. The summed E-state index contributed by atoms with van der Waals surface area (Å²) in [6, 6.07) is 5.68. The number of nitrogens with zero attached hydrogens (tertiary/aromatic N) is 1. The van der Waals surface area contributed by atoms with Crippen LogP contribution in [-0.2, 0) is 19.0 Å². The molecule has 4 aliphatic carbocycles. The predicted molar refractivity (Wildman–Crippen MR) is 126 cm³/mol. The number of benzene rings is 1. The smallest absolute Gasteiger partial charge is 0.388 e. The first kappa shape index (κ1) is 22.6. The van der Waals surface area contributed by atoms with Crippen molar-refractivity contribution in [1.29, 1.82) is 0 Å². The van der Waals surface area contributed by atoms with Crippen molar-refractivity contribution in [2.45, 2.75) is 108 Å². The van der Waals surface area contributed by atoms with Crippen LogP contribution in [0.15, 0.2) is 24.3 Å². The molecule has 1 N–H and O–H groups in total. The molecule has 0 aliphatic heterocycles. The molecule has 0 amide bonds. The van der Waals surface area contributed by atoms with Crippen LogP contribution in [0.5, 0.6) is 0 Å². The highest BCUT2D eigenvalue weighted by molar-refractivity contribution is 5.50. The second-order valence-corrected chi connectivity index (χ2v) is 11.5. The van der Waals surface area contributed by atoms with Gasteiger partial charge in [0, 0.05) is 22.9 Å². The maximum atomic E-state index is 13.1. The Hall–Kier alpha value is -1.88. The number of pyridine rings is 1. The Kier molecular flexibility index (Phi) is 5.55.